The van der Waals surface area contributed by atoms with Gasteiger partial charge < -0.3 is 10.8 Å². The van der Waals surface area contributed by atoms with E-state index in [2.05, 4.69) is 0 Å². The highest BCUT2D eigenvalue weighted by Crippen LogP contribution is 2.18. The van der Waals surface area contributed by atoms with Gasteiger partial charge in [-0.25, -0.2) is 8.78 Å². The molecule has 0 unspecified atom stereocenters. The molecule has 0 saturated carbocycles. The average Bonchev–Trinajstić information content (AvgIpc) is 2.06. The van der Waals surface area contributed by atoms with Gasteiger partial charge in [0.05, 0.1) is 0 Å². The van der Waals surface area contributed by atoms with Crippen LogP contribution in [0.15, 0.2) is 12.1 Å². The molecular weight excluding hydrogens is 164 g/mol. The minimum Gasteiger partial charge on any atom is -0.398 e. The largest absolute Gasteiger partial charge is 0.398 e. The van der Waals surface area contributed by atoms with Crippen LogP contribution in [-0.2, 0) is 6.42 Å². The van der Waals surface area contributed by atoms with Crippen LogP contribution >= 0.6 is 0 Å². The third-order valence-corrected chi connectivity index (χ3v) is 1.59. The third-order valence-electron chi connectivity index (χ3n) is 1.59. The lowest BCUT2D eigenvalue weighted by Crippen LogP contribution is -2.03. The molecule has 0 aliphatic carbocycles. The van der Waals surface area contributed by atoms with E-state index in [4.69, 9.17) is 10.8 Å². The molecule has 4 heteroatoms. The fraction of sp³-hybridized carbons (Fsp3) is 0.250. The molecule has 0 heterocycles. The number of hydrogen-bond acceptors (Lipinski definition) is 2. The van der Waals surface area contributed by atoms with Crippen molar-refractivity contribution in [2.75, 3.05) is 12.3 Å². The zero-order valence-electron chi connectivity index (χ0n) is 6.35. The van der Waals surface area contributed by atoms with E-state index >= 15 is 0 Å². The van der Waals surface area contributed by atoms with Gasteiger partial charge in [0.2, 0.25) is 0 Å². The molecule has 0 aromatic heterocycles. The minimum absolute atomic E-state index is 0.0371. The molecule has 0 amide bonds. The summed E-state index contributed by atoms with van der Waals surface area (Å²) in [6.45, 7) is -0.245. The first kappa shape index (κ1) is 8.93. The highest BCUT2D eigenvalue weighted by Gasteiger charge is 2.10. The Kier molecular flexibility index (Phi) is 2.60. The van der Waals surface area contributed by atoms with Gasteiger partial charge in [-0.2, -0.15) is 0 Å². The van der Waals surface area contributed by atoms with Crippen molar-refractivity contribution >= 4 is 5.69 Å². The van der Waals surface area contributed by atoms with Crippen LogP contribution in [0.5, 0.6) is 0 Å². The topological polar surface area (TPSA) is 46.2 Å². The van der Waals surface area contributed by atoms with Crippen LogP contribution in [0.4, 0.5) is 14.5 Å². The number of aliphatic hydroxyl groups excluding tert-OH is 1. The number of halogens is 2. The Morgan fingerprint density at radius 2 is 2.00 bits per heavy atom. The van der Waals surface area contributed by atoms with E-state index in [0.717, 1.165) is 6.07 Å². The van der Waals surface area contributed by atoms with Crippen LogP contribution < -0.4 is 5.73 Å². The summed E-state index contributed by atoms with van der Waals surface area (Å²) in [6.07, 6.45) is 0.0371. The average molecular weight is 173 g/mol. The van der Waals surface area contributed by atoms with Gasteiger partial charge in [-0.05, 0) is 12.1 Å². The lowest BCUT2D eigenvalue weighted by molar-refractivity contribution is 0.297. The molecule has 1 aromatic rings. The summed E-state index contributed by atoms with van der Waals surface area (Å²) in [5.74, 6) is -1.91. The SMILES string of the molecule is Nc1ccc(F)c(F)c1CCO. The van der Waals surface area contributed by atoms with E-state index in [0.29, 0.717) is 0 Å². The first-order valence-electron chi connectivity index (χ1n) is 3.50. The van der Waals surface area contributed by atoms with Crippen LogP contribution in [0.1, 0.15) is 5.56 Å². The van der Waals surface area contributed by atoms with Crippen LogP contribution in [0.25, 0.3) is 0 Å². The second kappa shape index (κ2) is 3.49. The van der Waals surface area contributed by atoms with Gasteiger partial charge >= 0.3 is 0 Å². The minimum atomic E-state index is -0.968. The summed E-state index contributed by atoms with van der Waals surface area (Å²) in [5, 5.41) is 8.51. The fourth-order valence-electron chi connectivity index (χ4n) is 0.973. The predicted molar refractivity (Wildman–Crippen MR) is 41.6 cm³/mol. The van der Waals surface area contributed by atoms with Gasteiger partial charge in [0.15, 0.2) is 11.6 Å². The van der Waals surface area contributed by atoms with Gasteiger partial charge in [-0.1, -0.05) is 0 Å². The summed E-state index contributed by atoms with van der Waals surface area (Å²) in [7, 11) is 0. The molecule has 0 radical (unpaired) electrons. The van der Waals surface area contributed by atoms with Gasteiger partial charge in [-0.3, -0.25) is 0 Å². The molecule has 12 heavy (non-hydrogen) atoms. The number of aliphatic hydroxyl groups is 1. The Labute approximate surface area is 68.6 Å². The molecule has 0 fully saturated rings. The summed E-state index contributed by atoms with van der Waals surface area (Å²) in [4.78, 5) is 0. The normalized spacial score (nSPS) is 10.2. The van der Waals surface area contributed by atoms with E-state index in [-0.39, 0.29) is 24.3 Å². The van der Waals surface area contributed by atoms with Crippen molar-refractivity contribution in [3.8, 4) is 0 Å². The first-order chi connectivity index (χ1) is 5.66. The van der Waals surface area contributed by atoms with Crippen LogP contribution in [-0.4, -0.2) is 11.7 Å². The highest BCUT2D eigenvalue weighted by atomic mass is 19.2. The van der Waals surface area contributed by atoms with Crippen molar-refractivity contribution in [1.82, 2.24) is 0 Å². The predicted octanol–water partition coefficient (Wildman–Crippen LogP) is 1.08. The Bertz CT molecular complexity index is 289. The molecule has 0 aliphatic heterocycles. The summed E-state index contributed by atoms with van der Waals surface area (Å²) in [6, 6.07) is 2.24. The number of nitrogens with two attached hydrogens (primary N) is 1. The molecule has 0 aliphatic rings. The van der Waals surface area contributed by atoms with E-state index in [9.17, 15) is 8.78 Å². The number of rotatable bonds is 2. The van der Waals surface area contributed by atoms with Gasteiger partial charge in [0.25, 0.3) is 0 Å². The van der Waals surface area contributed by atoms with E-state index in [1.807, 2.05) is 0 Å². The van der Waals surface area contributed by atoms with Crippen molar-refractivity contribution in [2.45, 2.75) is 6.42 Å². The molecule has 2 nitrogen and oxygen atoms in total. The van der Waals surface area contributed by atoms with E-state index < -0.39 is 11.6 Å². The molecule has 0 atom stereocenters. The molecule has 66 valence electrons. The van der Waals surface area contributed by atoms with Gasteiger partial charge in [0.1, 0.15) is 0 Å². The Balaban J connectivity index is 3.14. The summed E-state index contributed by atoms with van der Waals surface area (Å²) < 4.78 is 25.5. The summed E-state index contributed by atoms with van der Waals surface area (Å²) in [5.41, 5.74) is 5.57. The Hall–Kier alpha value is -1.16. The quantitative estimate of drug-likeness (QED) is 0.657. The van der Waals surface area contributed by atoms with Crippen molar-refractivity contribution < 1.29 is 13.9 Å². The first-order valence-corrected chi connectivity index (χ1v) is 3.50. The van der Waals surface area contributed by atoms with E-state index in [1.165, 1.54) is 6.07 Å². The van der Waals surface area contributed by atoms with Crippen LogP contribution in [0.2, 0.25) is 0 Å². The number of nitrogen functional groups attached to an aromatic ring is 1. The van der Waals surface area contributed by atoms with Gasteiger partial charge in [0, 0.05) is 24.3 Å². The second-order valence-electron chi connectivity index (χ2n) is 2.40. The molecular formula is C8H9F2NO. The maximum atomic E-state index is 12.9. The van der Waals surface area contributed by atoms with Crippen molar-refractivity contribution in [3.05, 3.63) is 29.3 Å². The fourth-order valence-corrected chi connectivity index (χ4v) is 0.973. The maximum Gasteiger partial charge on any atom is 0.164 e. The van der Waals surface area contributed by atoms with Crippen LogP contribution in [0, 0.1) is 11.6 Å². The molecule has 0 bridgehead atoms. The Morgan fingerprint density at radius 3 is 2.58 bits per heavy atom. The number of benzene rings is 1. The Morgan fingerprint density at radius 1 is 1.33 bits per heavy atom. The zero-order valence-corrected chi connectivity index (χ0v) is 6.35. The monoisotopic (exact) mass is 173 g/mol. The lowest BCUT2D eigenvalue weighted by atomic mass is 10.1. The smallest absolute Gasteiger partial charge is 0.164 e. The van der Waals surface area contributed by atoms with Crippen molar-refractivity contribution in [3.63, 3.8) is 0 Å². The second-order valence-corrected chi connectivity index (χ2v) is 2.40. The molecule has 1 rings (SSSR count). The number of hydrogen-bond donors (Lipinski definition) is 2. The number of anilines is 1. The molecule has 0 spiro atoms. The molecule has 0 saturated heterocycles. The lowest BCUT2D eigenvalue weighted by Gasteiger charge is -2.05. The summed E-state index contributed by atoms with van der Waals surface area (Å²) >= 11 is 0. The maximum absolute atomic E-state index is 12.9. The van der Waals surface area contributed by atoms with Gasteiger partial charge in [-0.15, -0.1) is 0 Å². The third kappa shape index (κ3) is 1.53. The van der Waals surface area contributed by atoms with E-state index in [1.54, 1.807) is 0 Å². The zero-order chi connectivity index (χ0) is 9.14. The molecule has 1 aromatic carbocycles. The standard InChI is InChI=1S/C8H9F2NO/c9-6-1-2-7(11)5(3-4-12)8(6)10/h1-2,12H,3-4,11H2. The van der Waals surface area contributed by atoms with Crippen molar-refractivity contribution in [2.24, 2.45) is 0 Å². The highest BCUT2D eigenvalue weighted by molar-refractivity contribution is 5.47. The van der Waals surface area contributed by atoms with Crippen LogP contribution in [0.3, 0.4) is 0 Å². The van der Waals surface area contributed by atoms with Crippen molar-refractivity contribution in [1.29, 1.82) is 0 Å². The molecule has 3 N–H and O–H groups in total.